The summed E-state index contributed by atoms with van der Waals surface area (Å²) >= 11 is 0. The van der Waals surface area contributed by atoms with Crippen molar-refractivity contribution in [1.29, 1.82) is 0 Å². The third-order valence-corrected chi connectivity index (χ3v) is 2.93. The van der Waals surface area contributed by atoms with Crippen LogP contribution in [0.4, 0.5) is 5.82 Å². The first-order chi connectivity index (χ1) is 8.36. The minimum atomic E-state index is 0.688. The summed E-state index contributed by atoms with van der Waals surface area (Å²) < 4.78 is 1.86. The summed E-state index contributed by atoms with van der Waals surface area (Å²) in [7, 11) is 0. The summed E-state index contributed by atoms with van der Waals surface area (Å²) in [6.07, 6.45) is 4.55. The molecule has 88 valence electrons. The summed E-state index contributed by atoms with van der Waals surface area (Å²) in [4.78, 5) is 4.52. The zero-order valence-corrected chi connectivity index (χ0v) is 9.93. The minimum Gasteiger partial charge on any atom is -0.370 e. The van der Waals surface area contributed by atoms with Crippen LogP contribution in [0.3, 0.4) is 0 Å². The molecule has 0 bridgehead atoms. The number of hydrogen-bond acceptors (Lipinski definition) is 3. The van der Waals surface area contributed by atoms with Crippen LogP contribution in [0.5, 0.6) is 0 Å². The molecule has 1 N–H and O–H groups in total. The second-order valence-electron chi connectivity index (χ2n) is 4.37. The summed E-state index contributed by atoms with van der Waals surface area (Å²) in [5, 5.41) is 7.78. The largest absolute Gasteiger partial charge is 0.370 e. The predicted octanol–water partition coefficient (Wildman–Crippen LogP) is 2.58. The number of anilines is 1. The summed E-state index contributed by atoms with van der Waals surface area (Å²) in [5.41, 5.74) is 1.20. The van der Waals surface area contributed by atoms with Gasteiger partial charge in [0.15, 0.2) is 5.82 Å². The average Bonchev–Trinajstić information content (AvgIpc) is 3.08. The number of pyridine rings is 1. The predicted molar refractivity (Wildman–Crippen MR) is 67.5 cm³/mol. The van der Waals surface area contributed by atoms with Crippen molar-refractivity contribution in [3.05, 3.63) is 36.2 Å². The van der Waals surface area contributed by atoms with E-state index in [1.165, 1.54) is 18.5 Å². The maximum Gasteiger partial charge on any atom is 0.155 e. The van der Waals surface area contributed by atoms with Gasteiger partial charge in [-0.1, -0.05) is 6.07 Å². The lowest BCUT2D eigenvalue weighted by atomic mass is 10.3. The summed E-state index contributed by atoms with van der Waals surface area (Å²) in [6, 6.07) is 8.04. The molecule has 1 saturated carbocycles. The van der Waals surface area contributed by atoms with Crippen molar-refractivity contribution in [3.63, 3.8) is 0 Å². The molecule has 17 heavy (non-hydrogen) atoms. The smallest absolute Gasteiger partial charge is 0.155 e. The standard InChI is InChI=1S/C13H16N4/c1-2-14-12-4-3-5-13(15-12)17-9-8-11(16-17)10-6-7-10/h3-5,8-10H,2,6-7H2,1H3,(H,14,15). The van der Waals surface area contributed by atoms with E-state index in [4.69, 9.17) is 0 Å². The Labute approximate surface area is 101 Å². The fraction of sp³-hybridized carbons (Fsp3) is 0.385. The van der Waals surface area contributed by atoms with E-state index < -0.39 is 0 Å². The molecule has 0 aromatic carbocycles. The molecule has 0 aliphatic heterocycles. The van der Waals surface area contributed by atoms with Crippen molar-refractivity contribution >= 4 is 5.82 Å². The van der Waals surface area contributed by atoms with E-state index in [2.05, 4.69) is 28.4 Å². The van der Waals surface area contributed by atoms with E-state index in [0.717, 1.165) is 18.2 Å². The fourth-order valence-corrected chi connectivity index (χ4v) is 1.89. The van der Waals surface area contributed by atoms with Crippen molar-refractivity contribution in [2.45, 2.75) is 25.7 Å². The van der Waals surface area contributed by atoms with Gasteiger partial charge < -0.3 is 5.32 Å². The van der Waals surface area contributed by atoms with Crippen LogP contribution in [-0.4, -0.2) is 21.3 Å². The quantitative estimate of drug-likeness (QED) is 0.874. The summed E-state index contributed by atoms with van der Waals surface area (Å²) in [5.74, 6) is 2.46. The van der Waals surface area contributed by atoms with Crippen LogP contribution in [-0.2, 0) is 0 Å². The third kappa shape index (κ3) is 2.16. The Balaban J connectivity index is 1.88. The fourth-order valence-electron chi connectivity index (χ4n) is 1.89. The van der Waals surface area contributed by atoms with E-state index in [1.54, 1.807) is 0 Å². The van der Waals surface area contributed by atoms with Gasteiger partial charge in [0.2, 0.25) is 0 Å². The molecule has 2 aromatic rings. The van der Waals surface area contributed by atoms with Crippen LogP contribution in [0.1, 0.15) is 31.4 Å². The summed E-state index contributed by atoms with van der Waals surface area (Å²) in [6.45, 7) is 2.94. The van der Waals surface area contributed by atoms with Gasteiger partial charge in [-0.3, -0.25) is 0 Å². The lowest BCUT2D eigenvalue weighted by molar-refractivity contribution is 0.813. The van der Waals surface area contributed by atoms with Crippen LogP contribution >= 0.6 is 0 Å². The molecule has 0 radical (unpaired) electrons. The van der Waals surface area contributed by atoms with Crippen LogP contribution < -0.4 is 5.32 Å². The van der Waals surface area contributed by atoms with Gasteiger partial charge in [-0.2, -0.15) is 5.10 Å². The average molecular weight is 228 g/mol. The van der Waals surface area contributed by atoms with E-state index in [9.17, 15) is 0 Å². The molecule has 0 spiro atoms. The molecule has 2 aromatic heterocycles. The second kappa shape index (κ2) is 4.20. The van der Waals surface area contributed by atoms with Gasteiger partial charge >= 0.3 is 0 Å². The van der Waals surface area contributed by atoms with Gasteiger partial charge in [-0.25, -0.2) is 9.67 Å². The number of nitrogens with one attached hydrogen (secondary N) is 1. The normalized spacial score (nSPS) is 14.9. The van der Waals surface area contributed by atoms with Crippen LogP contribution in [0.2, 0.25) is 0 Å². The van der Waals surface area contributed by atoms with Crippen molar-refractivity contribution in [3.8, 4) is 5.82 Å². The van der Waals surface area contributed by atoms with Crippen LogP contribution in [0, 0.1) is 0 Å². The molecule has 1 aliphatic rings. The van der Waals surface area contributed by atoms with Crippen LogP contribution in [0.25, 0.3) is 5.82 Å². The Morgan fingerprint density at radius 1 is 1.35 bits per heavy atom. The highest BCUT2D eigenvalue weighted by atomic mass is 15.3. The van der Waals surface area contributed by atoms with Gasteiger partial charge in [-0.15, -0.1) is 0 Å². The number of aromatic nitrogens is 3. The molecule has 4 heteroatoms. The third-order valence-electron chi connectivity index (χ3n) is 2.93. The molecule has 1 aliphatic carbocycles. The first-order valence-electron chi connectivity index (χ1n) is 6.13. The zero-order valence-electron chi connectivity index (χ0n) is 9.93. The first kappa shape index (κ1) is 10.3. The van der Waals surface area contributed by atoms with E-state index in [-0.39, 0.29) is 0 Å². The Hall–Kier alpha value is -1.84. The maximum atomic E-state index is 4.57. The highest BCUT2D eigenvalue weighted by molar-refractivity contribution is 5.39. The van der Waals surface area contributed by atoms with Gasteiger partial charge in [-0.05, 0) is 38.0 Å². The second-order valence-corrected chi connectivity index (χ2v) is 4.37. The molecule has 0 unspecified atom stereocenters. The Kier molecular flexibility index (Phi) is 2.55. The topological polar surface area (TPSA) is 42.7 Å². The number of nitrogens with zero attached hydrogens (tertiary/aromatic N) is 3. The van der Waals surface area contributed by atoms with E-state index in [0.29, 0.717) is 5.92 Å². The number of hydrogen-bond donors (Lipinski definition) is 1. The molecule has 1 fully saturated rings. The van der Waals surface area contributed by atoms with Crippen molar-refractivity contribution in [2.75, 3.05) is 11.9 Å². The molecular formula is C13H16N4. The molecule has 0 atom stereocenters. The van der Waals surface area contributed by atoms with Gasteiger partial charge in [0.05, 0.1) is 5.69 Å². The van der Waals surface area contributed by atoms with Crippen molar-refractivity contribution in [1.82, 2.24) is 14.8 Å². The molecule has 0 saturated heterocycles. The lowest BCUT2D eigenvalue weighted by Crippen LogP contribution is -2.03. The lowest BCUT2D eigenvalue weighted by Gasteiger charge is -2.05. The molecule has 4 nitrogen and oxygen atoms in total. The van der Waals surface area contributed by atoms with Crippen molar-refractivity contribution in [2.24, 2.45) is 0 Å². The molecule has 0 amide bonds. The van der Waals surface area contributed by atoms with Crippen molar-refractivity contribution < 1.29 is 0 Å². The SMILES string of the molecule is CCNc1cccc(-n2ccc(C3CC3)n2)n1. The monoisotopic (exact) mass is 228 g/mol. The molecular weight excluding hydrogens is 212 g/mol. The highest BCUT2D eigenvalue weighted by Crippen LogP contribution is 2.38. The van der Waals surface area contributed by atoms with E-state index >= 15 is 0 Å². The first-order valence-corrected chi connectivity index (χ1v) is 6.13. The zero-order chi connectivity index (χ0) is 11.7. The minimum absolute atomic E-state index is 0.688. The molecule has 3 rings (SSSR count). The highest BCUT2D eigenvalue weighted by Gasteiger charge is 2.25. The Bertz CT molecular complexity index is 514. The van der Waals surface area contributed by atoms with Gasteiger partial charge in [0.1, 0.15) is 5.82 Å². The van der Waals surface area contributed by atoms with Gasteiger partial charge in [0.25, 0.3) is 0 Å². The Morgan fingerprint density at radius 3 is 3.00 bits per heavy atom. The Morgan fingerprint density at radius 2 is 2.24 bits per heavy atom. The van der Waals surface area contributed by atoms with E-state index in [1.807, 2.05) is 29.1 Å². The number of rotatable bonds is 4. The maximum absolute atomic E-state index is 4.57. The van der Waals surface area contributed by atoms with Crippen LogP contribution in [0.15, 0.2) is 30.5 Å². The molecule has 2 heterocycles. The van der Waals surface area contributed by atoms with Gasteiger partial charge in [0, 0.05) is 18.7 Å².